The predicted octanol–water partition coefficient (Wildman–Crippen LogP) is 1.30. The summed E-state index contributed by atoms with van der Waals surface area (Å²) in [5.74, 6) is -0.768. The number of fused-ring (bicyclic) bond motifs is 1. The lowest BCUT2D eigenvalue weighted by Gasteiger charge is -2.55. The summed E-state index contributed by atoms with van der Waals surface area (Å²) < 4.78 is 24.0. The molecule has 3 aliphatic heterocycles. The molecule has 0 bridgehead atoms. The monoisotopic (exact) mass is 373 g/mol. The Balaban J connectivity index is 1.98. The van der Waals surface area contributed by atoms with Crippen molar-refractivity contribution in [2.75, 3.05) is 33.4 Å². The van der Waals surface area contributed by atoms with Crippen LogP contribution >= 0.6 is 0 Å². The summed E-state index contributed by atoms with van der Waals surface area (Å²) in [6.45, 7) is 2.64. The van der Waals surface area contributed by atoms with Gasteiger partial charge < -0.3 is 23.2 Å². The Kier molecular flexibility index (Phi) is 4.37. The highest BCUT2D eigenvalue weighted by Crippen LogP contribution is 2.52. The van der Waals surface area contributed by atoms with Crippen molar-refractivity contribution in [1.82, 2.24) is 0 Å². The maximum atomic E-state index is 12.4. The zero-order valence-electron chi connectivity index (χ0n) is 15.5. The molecule has 0 saturated carbocycles. The van der Waals surface area contributed by atoms with Crippen LogP contribution in [-0.2, 0) is 33.7 Å². The van der Waals surface area contributed by atoms with E-state index in [0.717, 1.165) is 12.0 Å². The fraction of sp³-hybridized carbons (Fsp3) is 0.474. The number of carbonyl (C=O) groups excluding carboxylic acids is 2. The molecule has 3 fully saturated rings. The first kappa shape index (κ1) is 18.2. The summed E-state index contributed by atoms with van der Waals surface area (Å²) in [4.78, 5) is 24.8. The molecular formula is C19H24BNO6. The largest absolute Gasteiger partial charge is 0.599 e. The van der Waals surface area contributed by atoms with Gasteiger partial charge in [0.15, 0.2) is 0 Å². The maximum Gasteiger partial charge on any atom is 0.599 e. The van der Waals surface area contributed by atoms with E-state index in [2.05, 4.69) is 6.58 Å². The van der Waals surface area contributed by atoms with E-state index in [1.165, 1.54) is 0 Å². The van der Waals surface area contributed by atoms with Gasteiger partial charge in [0.2, 0.25) is 0 Å². The van der Waals surface area contributed by atoms with E-state index in [1.54, 1.807) is 6.08 Å². The molecule has 3 aliphatic rings. The Morgan fingerprint density at radius 3 is 2.30 bits per heavy atom. The van der Waals surface area contributed by atoms with Crippen molar-refractivity contribution in [3.05, 3.63) is 48.6 Å². The Hall–Kier alpha value is -2.16. The number of ether oxygens (including phenoxy) is 2. The molecule has 0 radical (unpaired) electrons. The van der Waals surface area contributed by atoms with Crippen LogP contribution in [0.3, 0.4) is 0 Å². The van der Waals surface area contributed by atoms with Crippen molar-refractivity contribution in [3.63, 3.8) is 0 Å². The van der Waals surface area contributed by atoms with E-state index in [0.29, 0.717) is 19.6 Å². The molecule has 8 heteroatoms. The van der Waals surface area contributed by atoms with Gasteiger partial charge >= 0.3 is 18.6 Å². The topological polar surface area (TPSA) is 71.1 Å². The van der Waals surface area contributed by atoms with Gasteiger partial charge in [-0.1, -0.05) is 42.0 Å². The van der Waals surface area contributed by atoms with E-state index in [-0.39, 0.29) is 29.4 Å². The first-order chi connectivity index (χ1) is 13.0. The number of carbonyl (C=O) groups is 2. The molecule has 27 heavy (non-hydrogen) atoms. The third-order valence-electron chi connectivity index (χ3n) is 6.08. The fourth-order valence-electron chi connectivity index (χ4n) is 5.02. The quantitative estimate of drug-likeness (QED) is 0.573. The van der Waals surface area contributed by atoms with E-state index < -0.39 is 18.3 Å². The minimum absolute atomic E-state index is 0.0591. The molecule has 0 spiro atoms. The number of hydrogen-bond acceptors (Lipinski definition) is 6. The second kappa shape index (κ2) is 6.47. The minimum Gasteiger partial charge on any atom is -0.599 e. The van der Waals surface area contributed by atoms with Crippen molar-refractivity contribution in [1.29, 1.82) is 0 Å². The average molecular weight is 373 g/mol. The molecule has 0 aliphatic carbocycles. The van der Waals surface area contributed by atoms with Crippen molar-refractivity contribution < 1.29 is 32.8 Å². The molecule has 4 rings (SSSR count). The normalized spacial score (nSPS) is 33.1. The van der Waals surface area contributed by atoms with Gasteiger partial charge in [-0.25, -0.2) is 0 Å². The Morgan fingerprint density at radius 2 is 1.74 bits per heavy atom. The summed E-state index contributed by atoms with van der Waals surface area (Å²) >= 11 is 0. The van der Waals surface area contributed by atoms with Crippen LogP contribution in [0.15, 0.2) is 43.0 Å². The zero-order chi connectivity index (χ0) is 19.1. The summed E-state index contributed by atoms with van der Waals surface area (Å²) in [6.07, 6.45) is 2.17. The molecule has 0 aromatic heterocycles. The van der Waals surface area contributed by atoms with Crippen molar-refractivity contribution in [2.45, 2.75) is 24.4 Å². The van der Waals surface area contributed by atoms with E-state index in [1.807, 2.05) is 37.4 Å². The molecule has 7 nitrogen and oxygen atoms in total. The molecule has 1 aromatic rings. The number of likely N-dealkylation sites (N-methyl/N-ethyl adjacent to an activating group) is 1. The number of nitrogens with zero attached hydrogens (tertiary/aromatic N) is 1. The van der Waals surface area contributed by atoms with Crippen molar-refractivity contribution in [2.24, 2.45) is 0 Å². The lowest BCUT2D eigenvalue weighted by Crippen LogP contribution is -2.75. The summed E-state index contributed by atoms with van der Waals surface area (Å²) in [5.41, 5.74) is 0.838. The molecule has 1 aromatic carbocycles. The van der Waals surface area contributed by atoms with Crippen LogP contribution in [0.1, 0.15) is 18.4 Å². The average Bonchev–Trinajstić information content (AvgIpc) is 3.05. The second-order valence-corrected chi connectivity index (χ2v) is 7.77. The second-order valence-electron chi connectivity index (χ2n) is 7.77. The molecule has 0 amide bonds. The Labute approximate surface area is 158 Å². The summed E-state index contributed by atoms with van der Waals surface area (Å²) in [5, 5.41) is -1.02. The highest BCUT2D eigenvalue weighted by atomic mass is 16.7. The summed E-state index contributed by atoms with van der Waals surface area (Å²) in [7, 11) is 1.83. The van der Waals surface area contributed by atoms with Crippen LogP contribution < -0.4 is 0 Å². The highest BCUT2D eigenvalue weighted by molar-refractivity contribution is 6.69. The summed E-state index contributed by atoms with van der Waals surface area (Å²) in [6, 6.07) is 9.58. The van der Waals surface area contributed by atoms with Gasteiger partial charge in [0.05, 0.1) is 18.5 Å². The molecular weight excluding hydrogens is 349 g/mol. The first-order valence-electron chi connectivity index (χ1n) is 9.29. The smallest absolute Gasteiger partial charge is 0.599 e. The van der Waals surface area contributed by atoms with E-state index in [4.69, 9.17) is 18.8 Å². The number of hydrogen-bond donors (Lipinski definition) is 0. The van der Waals surface area contributed by atoms with Gasteiger partial charge in [0, 0.05) is 7.05 Å². The molecule has 1 unspecified atom stereocenters. The number of benzene rings is 1. The fourth-order valence-corrected chi connectivity index (χ4v) is 5.02. The van der Waals surface area contributed by atoms with Gasteiger partial charge in [-0.15, -0.1) is 6.58 Å². The SMILES string of the molecule is C=CCC(c1ccccc1)(C1OCCCO1)[B-]12OC(=O)C[N+]1(C)CC(=O)O2. The first-order valence-corrected chi connectivity index (χ1v) is 9.29. The minimum atomic E-state index is -2.47. The van der Waals surface area contributed by atoms with E-state index >= 15 is 0 Å². The van der Waals surface area contributed by atoms with Crippen LogP contribution in [0.4, 0.5) is 0 Å². The third kappa shape index (κ3) is 2.47. The molecule has 0 N–H and O–H groups in total. The van der Waals surface area contributed by atoms with Crippen LogP contribution in [0.2, 0.25) is 0 Å². The van der Waals surface area contributed by atoms with Crippen LogP contribution in [0.25, 0.3) is 0 Å². The lowest BCUT2D eigenvalue weighted by atomic mass is 9.40. The van der Waals surface area contributed by atoms with Gasteiger partial charge in [-0.3, -0.25) is 9.59 Å². The van der Waals surface area contributed by atoms with Crippen LogP contribution in [0.5, 0.6) is 0 Å². The number of quaternary nitrogens is 1. The lowest BCUT2D eigenvalue weighted by molar-refractivity contribution is -0.796. The van der Waals surface area contributed by atoms with Crippen molar-refractivity contribution in [3.8, 4) is 0 Å². The molecule has 144 valence electrons. The highest BCUT2D eigenvalue weighted by Gasteiger charge is 2.78. The molecule has 3 saturated heterocycles. The van der Waals surface area contributed by atoms with Crippen LogP contribution in [0, 0.1) is 0 Å². The molecule has 3 heterocycles. The maximum absolute atomic E-state index is 12.4. The van der Waals surface area contributed by atoms with Crippen molar-refractivity contribution >= 4 is 18.6 Å². The third-order valence-corrected chi connectivity index (χ3v) is 6.08. The van der Waals surface area contributed by atoms with Gasteiger partial charge in [-0.05, 0) is 12.8 Å². The Bertz CT molecular complexity index is 743. The van der Waals surface area contributed by atoms with Gasteiger partial charge in [0.25, 0.3) is 0 Å². The number of rotatable bonds is 5. The van der Waals surface area contributed by atoms with E-state index in [9.17, 15) is 9.59 Å². The van der Waals surface area contributed by atoms with Crippen LogP contribution in [-0.4, -0.2) is 62.7 Å². The zero-order valence-corrected chi connectivity index (χ0v) is 15.5. The molecule has 1 atom stereocenters. The standard InChI is InChI=1S/C19H24BNO6/c1-3-10-19(15-8-5-4-6-9-15,18-24-11-7-12-25-18)20-21(2,13-16(22)26-20)14-17(23)27-20/h3-6,8-9,18H,1,7,10-14H2,2H3. The van der Waals surface area contributed by atoms with Gasteiger partial charge in [0.1, 0.15) is 19.4 Å². The van der Waals surface area contributed by atoms with Gasteiger partial charge in [-0.2, -0.15) is 0 Å². The Morgan fingerprint density at radius 1 is 1.15 bits per heavy atom. The predicted molar refractivity (Wildman–Crippen MR) is 97.1 cm³/mol. The number of allylic oxidation sites excluding steroid dienone is 1.